The smallest absolute Gasteiger partial charge is 0.183 e. The summed E-state index contributed by atoms with van der Waals surface area (Å²) >= 11 is 0. The summed E-state index contributed by atoms with van der Waals surface area (Å²) in [4.78, 5) is 8.61. The molecule has 0 unspecified atom stereocenters. The van der Waals surface area contributed by atoms with Crippen molar-refractivity contribution in [1.29, 1.82) is 0 Å². The number of fused-ring (bicyclic) bond motifs is 1. The minimum absolute atomic E-state index is 0.160. The second kappa shape index (κ2) is 6.87. The van der Waals surface area contributed by atoms with Crippen molar-refractivity contribution in [2.75, 3.05) is 0 Å². The van der Waals surface area contributed by atoms with Gasteiger partial charge in [0.05, 0.1) is 18.2 Å². The summed E-state index contributed by atoms with van der Waals surface area (Å²) in [6.07, 6.45) is 5.03. The molecule has 0 spiro atoms. The van der Waals surface area contributed by atoms with Gasteiger partial charge in [0.15, 0.2) is 17.2 Å². The number of nitrogens with zero attached hydrogens (tertiary/aromatic N) is 5. The Balaban J connectivity index is 1.69. The lowest BCUT2D eigenvalue weighted by atomic mass is 10.1. The van der Waals surface area contributed by atoms with E-state index in [-0.39, 0.29) is 12.4 Å². The van der Waals surface area contributed by atoms with E-state index in [0.717, 1.165) is 28.9 Å². The minimum atomic E-state index is -0.429. The van der Waals surface area contributed by atoms with Gasteiger partial charge in [-0.3, -0.25) is 4.98 Å². The summed E-state index contributed by atoms with van der Waals surface area (Å²) in [7, 11) is 0. The Morgan fingerprint density at radius 1 is 1.15 bits per heavy atom. The van der Waals surface area contributed by atoms with Crippen LogP contribution in [0.5, 0.6) is 5.75 Å². The molecular formula is C19H16FN5O. The molecule has 1 aromatic carbocycles. The highest BCUT2D eigenvalue weighted by atomic mass is 19.1. The Hall–Kier alpha value is -3.35. The summed E-state index contributed by atoms with van der Waals surface area (Å²) in [6.45, 7) is 2.95. The van der Waals surface area contributed by atoms with Gasteiger partial charge in [-0.25, -0.2) is 9.37 Å². The second-order valence-electron chi connectivity index (χ2n) is 5.72. The number of hydrogen-bond acceptors (Lipinski definition) is 5. The van der Waals surface area contributed by atoms with Gasteiger partial charge in [-0.15, -0.1) is 5.10 Å². The van der Waals surface area contributed by atoms with Crippen LogP contribution >= 0.6 is 0 Å². The maximum absolute atomic E-state index is 14.2. The zero-order chi connectivity index (χ0) is 17.9. The van der Waals surface area contributed by atoms with E-state index in [1.807, 2.05) is 29.7 Å². The first kappa shape index (κ1) is 16.1. The number of rotatable bonds is 5. The van der Waals surface area contributed by atoms with Gasteiger partial charge in [0.2, 0.25) is 0 Å². The van der Waals surface area contributed by atoms with Crippen LogP contribution in [-0.2, 0) is 13.2 Å². The van der Waals surface area contributed by atoms with Crippen molar-refractivity contribution < 1.29 is 9.13 Å². The predicted molar refractivity (Wildman–Crippen MR) is 95.0 cm³/mol. The summed E-state index contributed by atoms with van der Waals surface area (Å²) in [5.41, 5.74) is 3.70. The quantitative estimate of drug-likeness (QED) is 0.550. The molecule has 0 amide bonds. The maximum Gasteiger partial charge on any atom is 0.183 e. The second-order valence-corrected chi connectivity index (χ2v) is 5.72. The van der Waals surface area contributed by atoms with E-state index in [4.69, 9.17) is 4.74 Å². The first-order chi connectivity index (χ1) is 12.8. The summed E-state index contributed by atoms with van der Waals surface area (Å²) in [5.74, 6) is -0.268. The van der Waals surface area contributed by atoms with E-state index in [0.29, 0.717) is 5.65 Å². The lowest BCUT2D eigenvalue weighted by molar-refractivity contribution is 0.286. The Labute approximate surface area is 149 Å². The van der Waals surface area contributed by atoms with Gasteiger partial charge in [-0.2, -0.15) is 5.10 Å². The van der Waals surface area contributed by atoms with Crippen molar-refractivity contribution in [1.82, 2.24) is 24.7 Å². The molecule has 7 heteroatoms. The van der Waals surface area contributed by atoms with Crippen molar-refractivity contribution in [3.63, 3.8) is 0 Å². The Morgan fingerprint density at radius 2 is 2.08 bits per heavy atom. The summed E-state index contributed by atoms with van der Waals surface area (Å²) < 4.78 is 21.7. The number of benzene rings is 1. The lowest BCUT2D eigenvalue weighted by Gasteiger charge is -2.09. The van der Waals surface area contributed by atoms with Gasteiger partial charge in [0, 0.05) is 18.3 Å². The first-order valence-electron chi connectivity index (χ1n) is 8.25. The van der Waals surface area contributed by atoms with Crippen molar-refractivity contribution >= 4 is 11.2 Å². The molecule has 4 rings (SSSR count). The maximum atomic E-state index is 14.2. The van der Waals surface area contributed by atoms with Gasteiger partial charge in [0.25, 0.3) is 0 Å². The molecular weight excluding hydrogens is 333 g/mol. The van der Waals surface area contributed by atoms with Crippen LogP contribution in [0.1, 0.15) is 12.6 Å². The molecule has 3 heterocycles. The molecule has 4 aromatic rings. The number of imidazole rings is 1. The van der Waals surface area contributed by atoms with E-state index in [1.165, 1.54) is 6.07 Å². The summed E-state index contributed by atoms with van der Waals surface area (Å²) in [5, 5.41) is 8.21. The molecule has 3 aromatic heterocycles. The number of pyridine rings is 1. The molecule has 130 valence electrons. The van der Waals surface area contributed by atoms with Crippen LogP contribution in [0.4, 0.5) is 4.39 Å². The minimum Gasteiger partial charge on any atom is -0.484 e. The average molecular weight is 349 g/mol. The topological polar surface area (TPSA) is 65.7 Å². The third-order valence-electron chi connectivity index (χ3n) is 4.09. The van der Waals surface area contributed by atoms with Gasteiger partial charge in [0.1, 0.15) is 12.1 Å². The van der Waals surface area contributed by atoms with Gasteiger partial charge < -0.3 is 9.30 Å². The normalized spacial score (nSPS) is 11.0. The van der Waals surface area contributed by atoms with Crippen molar-refractivity contribution in [2.24, 2.45) is 0 Å². The largest absolute Gasteiger partial charge is 0.484 e. The van der Waals surface area contributed by atoms with E-state index in [9.17, 15) is 4.39 Å². The highest BCUT2D eigenvalue weighted by Crippen LogP contribution is 2.30. The van der Waals surface area contributed by atoms with Crippen LogP contribution < -0.4 is 4.74 Å². The molecule has 0 fully saturated rings. The molecule has 0 bridgehead atoms. The van der Waals surface area contributed by atoms with Crippen LogP contribution in [0.3, 0.4) is 0 Å². The van der Waals surface area contributed by atoms with Gasteiger partial charge in [-0.05, 0) is 36.8 Å². The lowest BCUT2D eigenvalue weighted by Crippen LogP contribution is -2.00. The number of hydrogen-bond donors (Lipinski definition) is 0. The monoisotopic (exact) mass is 349 g/mol. The van der Waals surface area contributed by atoms with E-state index < -0.39 is 5.82 Å². The average Bonchev–Trinajstić information content (AvgIpc) is 3.11. The van der Waals surface area contributed by atoms with Crippen molar-refractivity contribution in [2.45, 2.75) is 20.1 Å². The van der Waals surface area contributed by atoms with Gasteiger partial charge in [-0.1, -0.05) is 12.1 Å². The highest BCUT2D eigenvalue weighted by molar-refractivity contribution is 5.89. The Morgan fingerprint density at radius 3 is 2.88 bits per heavy atom. The zero-order valence-electron chi connectivity index (χ0n) is 14.1. The van der Waals surface area contributed by atoms with Crippen LogP contribution in [0.25, 0.3) is 22.3 Å². The molecule has 0 aliphatic heterocycles. The van der Waals surface area contributed by atoms with Crippen molar-refractivity contribution in [3.05, 3.63) is 66.6 Å². The van der Waals surface area contributed by atoms with Crippen LogP contribution in [0.15, 0.2) is 55.1 Å². The van der Waals surface area contributed by atoms with Crippen LogP contribution in [-0.4, -0.2) is 24.7 Å². The fraction of sp³-hybridized carbons (Fsp3) is 0.158. The molecule has 0 atom stereocenters. The number of ether oxygens (including phenoxy) is 1. The number of halogens is 1. The first-order valence-corrected chi connectivity index (χ1v) is 8.25. The van der Waals surface area contributed by atoms with Crippen LogP contribution in [0.2, 0.25) is 0 Å². The Kier molecular flexibility index (Phi) is 4.27. The van der Waals surface area contributed by atoms with Crippen molar-refractivity contribution in [3.8, 4) is 16.9 Å². The molecule has 26 heavy (non-hydrogen) atoms. The molecule has 0 aliphatic rings. The number of aromatic nitrogens is 5. The third-order valence-corrected chi connectivity index (χ3v) is 4.09. The van der Waals surface area contributed by atoms with E-state index in [1.54, 1.807) is 30.9 Å². The number of aryl methyl sites for hydroxylation is 1. The molecule has 0 radical (unpaired) electrons. The van der Waals surface area contributed by atoms with Gasteiger partial charge >= 0.3 is 0 Å². The fourth-order valence-electron chi connectivity index (χ4n) is 2.73. The zero-order valence-corrected chi connectivity index (χ0v) is 14.1. The Bertz CT molecular complexity index is 1050. The molecule has 0 saturated carbocycles. The SMILES string of the molecule is CCn1cnc2c(-c3ccc(F)c(OCc4ccccn4)c3)cnnc21. The highest BCUT2D eigenvalue weighted by Gasteiger charge is 2.13. The predicted octanol–water partition coefficient (Wildman–Crippen LogP) is 3.63. The standard InChI is InChI=1S/C19H16FN5O/c1-2-25-12-22-18-15(10-23-24-19(18)25)13-6-7-16(20)17(9-13)26-11-14-5-3-4-8-21-14/h3-10,12H,2,11H2,1H3. The summed E-state index contributed by atoms with van der Waals surface area (Å²) in [6, 6.07) is 10.2. The van der Waals surface area contributed by atoms with E-state index in [2.05, 4.69) is 20.2 Å². The fourth-order valence-corrected chi connectivity index (χ4v) is 2.73. The molecule has 0 N–H and O–H groups in total. The molecule has 6 nitrogen and oxygen atoms in total. The molecule has 0 saturated heterocycles. The van der Waals surface area contributed by atoms with Crippen LogP contribution in [0, 0.1) is 5.82 Å². The van der Waals surface area contributed by atoms with E-state index >= 15 is 0 Å². The molecule has 0 aliphatic carbocycles. The third kappa shape index (κ3) is 2.99.